The second kappa shape index (κ2) is 11.3. The average Bonchev–Trinajstić information content (AvgIpc) is 3.57. The fraction of sp³-hybridized carbons (Fsp3) is 0.172. The van der Waals surface area contributed by atoms with Crippen molar-refractivity contribution in [3.05, 3.63) is 108 Å². The number of nitrogens with one attached hydrogen (secondary N) is 2. The normalized spacial score (nSPS) is 16.7. The van der Waals surface area contributed by atoms with Crippen LogP contribution in [0.4, 0.5) is 5.69 Å². The molecule has 0 saturated carbocycles. The molecule has 9 heteroatoms. The summed E-state index contributed by atoms with van der Waals surface area (Å²) in [7, 11) is 1.35. The number of carbonyl (C=O) groups is 2. The third-order valence-electron chi connectivity index (χ3n) is 6.35. The molecule has 0 spiro atoms. The lowest BCUT2D eigenvalue weighted by Gasteiger charge is -2.25. The first-order chi connectivity index (χ1) is 18.5. The number of nitrogens with zero attached hydrogens (tertiary/aromatic N) is 2. The molecule has 2 atom stereocenters. The number of hydrogen-bond donors (Lipinski definition) is 2. The van der Waals surface area contributed by atoms with E-state index in [0.29, 0.717) is 34.3 Å². The predicted octanol–water partition coefficient (Wildman–Crippen LogP) is 5.13. The van der Waals surface area contributed by atoms with Gasteiger partial charge in [-0.15, -0.1) is 0 Å². The summed E-state index contributed by atoms with van der Waals surface area (Å²) in [4.78, 5) is 31.5. The highest BCUT2D eigenvalue weighted by Gasteiger charge is 2.41. The molecular formula is C29H26N4O4S. The van der Waals surface area contributed by atoms with Crippen molar-refractivity contribution >= 4 is 34.9 Å². The quantitative estimate of drug-likeness (QED) is 0.241. The second-order valence-corrected chi connectivity index (χ2v) is 9.11. The van der Waals surface area contributed by atoms with E-state index in [1.807, 2.05) is 77.7 Å². The van der Waals surface area contributed by atoms with Crippen LogP contribution >= 0.6 is 12.2 Å². The molecule has 0 bridgehead atoms. The number of rotatable bonds is 8. The molecule has 5 rings (SSSR count). The molecule has 1 aliphatic heterocycles. The monoisotopic (exact) mass is 526 g/mol. The summed E-state index contributed by atoms with van der Waals surface area (Å²) < 4.78 is 11.3. The summed E-state index contributed by atoms with van der Waals surface area (Å²) in [5, 5.41) is 6.78. The lowest BCUT2D eigenvalue weighted by Crippen LogP contribution is -2.32. The van der Waals surface area contributed by atoms with Crippen LogP contribution in [-0.2, 0) is 9.53 Å². The fourth-order valence-electron chi connectivity index (χ4n) is 4.56. The van der Waals surface area contributed by atoms with E-state index in [4.69, 9.17) is 21.4 Å². The molecule has 4 aromatic rings. The zero-order valence-corrected chi connectivity index (χ0v) is 21.5. The van der Waals surface area contributed by atoms with Crippen LogP contribution in [0.15, 0.2) is 95.5 Å². The highest BCUT2D eigenvalue weighted by Crippen LogP contribution is 2.40. The molecule has 1 fully saturated rings. The molecule has 2 aromatic carbocycles. The number of anilines is 1. The number of thiocarbonyl (C=S) groups is 1. The lowest BCUT2D eigenvalue weighted by molar-refractivity contribution is -0.116. The van der Waals surface area contributed by atoms with Gasteiger partial charge in [0.15, 0.2) is 5.11 Å². The number of ether oxygens (including phenoxy) is 1. The van der Waals surface area contributed by atoms with Gasteiger partial charge >= 0.3 is 5.97 Å². The van der Waals surface area contributed by atoms with Crippen LogP contribution in [0.2, 0.25) is 0 Å². The number of aromatic nitrogens is 1. The van der Waals surface area contributed by atoms with Crippen molar-refractivity contribution in [1.29, 1.82) is 0 Å². The first kappa shape index (κ1) is 25.2. The summed E-state index contributed by atoms with van der Waals surface area (Å²) in [6.45, 7) is 0.368. The van der Waals surface area contributed by atoms with Gasteiger partial charge in [-0.3, -0.25) is 9.78 Å². The van der Waals surface area contributed by atoms with Crippen molar-refractivity contribution in [1.82, 2.24) is 15.2 Å². The fourth-order valence-corrected chi connectivity index (χ4v) is 4.90. The van der Waals surface area contributed by atoms with Crippen LogP contribution in [0.5, 0.6) is 0 Å². The van der Waals surface area contributed by atoms with Crippen molar-refractivity contribution in [3.8, 4) is 11.3 Å². The smallest absolute Gasteiger partial charge is 0.338 e. The van der Waals surface area contributed by atoms with E-state index in [2.05, 4.69) is 15.6 Å². The Morgan fingerprint density at radius 1 is 1.03 bits per heavy atom. The SMILES string of the molecule is COC(=O)c1ccccc1-c1ccc(C2C(c3ccccn3)NC(=S)N2CCC(=O)Nc2ccccc2)o1. The van der Waals surface area contributed by atoms with Gasteiger partial charge in [0.05, 0.1) is 24.4 Å². The zero-order valence-electron chi connectivity index (χ0n) is 20.7. The highest BCUT2D eigenvalue weighted by molar-refractivity contribution is 7.80. The van der Waals surface area contributed by atoms with Crippen molar-refractivity contribution in [2.75, 3.05) is 19.0 Å². The molecule has 192 valence electrons. The summed E-state index contributed by atoms with van der Waals surface area (Å²) in [6.07, 6.45) is 1.95. The number of carbonyl (C=O) groups excluding carboxylic acids is 2. The van der Waals surface area contributed by atoms with Gasteiger partial charge in [0.1, 0.15) is 17.6 Å². The number of methoxy groups -OCH3 is 1. The van der Waals surface area contributed by atoms with Gasteiger partial charge in [0, 0.05) is 30.4 Å². The van der Waals surface area contributed by atoms with Crippen LogP contribution in [0.3, 0.4) is 0 Å². The van der Waals surface area contributed by atoms with Crippen molar-refractivity contribution in [3.63, 3.8) is 0 Å². The standard InChI is InChI=1S/C29H26N4O4S/c1-36-28(35)21-12-6-5-11-20(21)23-14-15-24(37-23)27-26(22-13-7-8-17-30-22)32-29(38)33(27)18-16-25(34)31-19-9-3-2-4-10-19/h2-15,17,26-27H,16,18H2,1H3,(H,31,34)(H,32,38). The third kappa shape index (κ3) is 5.28. The summed E-state index contributed by atoms with van der Waals surface area (Å²) in [5.41, 5.74) is 2.57. The highest BCUT2D eigenvalue weighted by atomic mass is 32.1. The van der Waals surface area contributed by atoms with Crippen molar-refractivity contribution < 1.29 is 18.7 Å². The van der Waals surface area contributed by atoms with Crippen LogP contribution in [0.1, 0.15) is 40.3 Å². The van der Waals surface area contributed by atoms with Crippen molar-refractivity contribution in [2.24, 2.45) is 0 Å². The number of esters is 1. The molecule has 0 aliphatic carbocycles. The number of amides is 1. The zero-order chi connectivity index (χ0) is 26.5. The Bertz CT molecular complexity index is 1440. The van der Waals surface area contributed by atoms with Crippen LogP contribution in [-0.4, -0.2) is 40.5 Å². The predicted molar refractivity (Wildman–Crippen MR) is 147 cm³/mol. The topological polar surface area (TPSA) is 96.7 Å². The van der Waals surface area contributed by atoms with Gasteiger partial charge in [-0.25, -0.2) is 4.79 Å². The number of hydrogen-bond acceptors (Lipinski definition) is 6. The molecule has 0 radical (unpaired) electrons. The van der Waals surface area contributed by atoms with Gasteiger partial charge in [0.25, 0.3) is 0 Å². The molecule has 8 nitrogen and oxygen atoms in total. The van der Waals surface area contributed by atoms with E-state index < -0.39 is 5.97 Å². The van der Waals surface area contributed by atoms with Crippen molar-refractivity contribution in [2.45, 2.75) is 18.5 Å². The molecule has 38 heavy (non-hydrogen) atoms. The minimum atomic E-state index is -0.445. The molecule has 2 N–H and O–H groups in total. The van der Waals surface area contributed by atoms with E-state index in [-0.39, 0.29) is 24.4 Å². The molecule has 2 unspecified atom stereocenters. The minimum Gasteiger partial charge on any atom is -0.465 e. The minimum absolute atomic E-state index is 0.119. The molecular weight excluding hydrogens is 500 g/mol. The molecule has 2 aromatic heterocycles. The Kier molecular flexibility index (Phi) is 7.46. The van der Waals surface area contributed by atoms with Gasteiger partial charge in [-0.2, -0.15) is 0 Å². The third-order valence-corrected chi connectivity index (χ3v) is 6.70. The van der Waals surface area contributed by atoms with E-state index >= 15 is 0 Å². The van der Waals surface area contributed by atoms with Gasteiger partial charge in [-0.1, -0.05) is 42.5 Å². The summed E-state index contributed by atoms with van der Waals surface area (Å²) in [5.74, 6) is 0.595. The number of para-hydroxylation sites is 1. The largest absolute Gasteiger partial charge is 0.465 e. The molecule has 1 aliphatic rings. The Balaban J connectivity index is 1.44. The van der Waals surface area contributed by atoms with E-state index in [1.165, 1.54) is 7.11 Å². The van der Waals surface area contributed by atoms with E-state index in [9.17, 15) is 9.59 Å². The molecule has 3 heterocycles. The number of pyridine rings is 1. The van der Waals surface area contributed by atoms with Crippen LogP contribution in [0.25, 0.3) is 11.3 Å². The average molecular weight is 527 g/mol. The Morgan fingerprint density at radius 3 is 2.55 bits per heavy atom. The molecule has 1 amide bonds. The first-order valence-electron chi connectivity index (χ1n) is 12.2. The maximum absolute atomic E-state index is 12.7. The van der Waals surface area contributed by atoms with Gasteiger partial charge in [-0.05, 0) is 54.7 Å². The lowest BCUT2D eigenvalue weighted by atomic mass is 10.0. The Morgan fingerprint density at radius 2 is 1.79 bits per heavy atom. The number of benzene rings is 2. The van der Waals surface area contributed by atoms with E-state index in [1.54, 1.807) is 18.3 Å². The number of furan rings is 1. The van der Waals surface area contributed by atoms with Gasteiger partial charge < -0.3 is 24.7 Å². The van der Waals surface area contributed by atoms with Crippen LogP contribution in [0, 0.1) is 0 Å². The Hall–Kier alpha value is -4.50. The second-order valence-electron chi connectivity index (χ2n) is 8.72. The first-order valence-corrected chi connectivity index (χ1v) is 12.6. The maximum Gasteiger partial charge on any atom is 0.338 e. The van der Waals surface area contributed by atoms with E-state index in [0.717, 1.165) is 11.4 Å². The van der Waals surface area contributed by atoms with Gasteiger partial charge in [0.2, 0.25) is 5.91 Å². The maximum atomic E-state index is 12.7. The summed E-state index contributed by atoms with van der Waals surface area (Å²) >= 11 is 5.70. The molecule has 1 saturated heterocycles. The summed E-state index contributed by atoms with van der Waals surface area (Å²) in [6, 6.07) is 25.2. The Labute approximate surface area is 225 Å². The van der Waals surface area contributed by atoms with Crippen LogP contribution < -0.4 is 10.6 Å².